The number of imidazole rings is 1. The van der Waals surface area contributed by atoms with Gasteiger partial charge in [0.2, 0.25) is 0 Å². The van der Waals surface area contributed by atoms with E-state index < -0.39 is 13.3 Å². The van der Waals surface area contributed by atoms with Gasteiger partial charge in [0, 0.05) is 37.4 Å². The van der Waals surface area contributed by atoms with Crippen LogP contribution < -0.4 is 4.40 Å². The van der Waals surface area contributed by atoms with Gasteiger partial charge in [0.1, 0.15) is 5.58 Å². The minimum atomic E-state index is -1.90. The number of hydrogen-bond donors (Lipinski definition) is 0. The van der Waals surface area contributed by atoms with Crippen LogP contribution in [0.15, 0.2) is 132 Å². The molecule has 4 heterocycles. The van der Waals surface area contributed by atoms with Crippen LogP contribution in [0.1, 0.15) is 82.6 Å². The number of rotatable bonds is 8. The minimum Gasteiger partial charge on any atom is -0.501 e. The molecule has 1 radical (unpaired) electrons. The second kappa shape index (κ2) is 18.5. The van der Waals surface area contributed by atoms with E-state index in [0.717, 1.165) is 67.7 Å². The molecule has 63 heavy (non-hydrogen) atoms. The fourth-order valence-electron chi connectivity index (χ4n) is 8.54. The van der Waals surface area contributed by atoms with E-state index in [1.54, 1.807) is 0 Å². The number of benzene rings is 5. The third kappa shape index (κ3) is 9.70. The summed E-state index contributed by atoms with van der Waals surface area (Å²) in [6, 6.07) is 44.9. The summed E-state index contributed by atoms with van der Waals surface area (Å²) < 4.78 is 10.4. The van der Waals surface area contributed by atoms with Crippen LogP contribution in [0.3, 0.4) is 0 Å². The van der Waals surface area contributed by atoms with Crippen molar-refractivity contribution in [2.24, 2.45) is 5.41 Å². The Kier molecular flexibility index (Phi) is 13.5. The first-order chi connectivity index (χ1) is 29.6. The van der Waals surface area contributed by atoms with Crippen LogP contribution in [0, 0.1) is 24.5 Å². The molecule has 0 saturated carbocycles. The zero-order valence-electron chi connectivity index (χ0n) is 38.5. The molecule has 0 bridgehead atoms. The molecule has 4 aromatic heterocycles. The van der Waals surface area contributed by atoms with Gasteiger partial charge in [0.15, 0.2) is 0 Å². The average Bonchev–Trinajstić information content (AvgIpc) is 3.81. The second-order valence-corrected chi connectivity index (χ2v) is 30.1. The van der Waals surface area contributed by atoms with Crippen LogP contribution in [-0.4, -0.2) is 32.8 Å². The Morgan fingerprint density at radius 3 is 2.11 bits per heavy atom. The number of pyridine rings is 2. The summed E-state index contributed by atoms with van der Waals surface area (Å²) in [6.07, 6.45) is 6.97. The van der Waals surface area contributed by atoms with Crippen molar-refractivity contribution in [3.05, 3.63) is 162 Å². The molecule has 0 saturated heterocycles. The monoisotopic (exact) mass is 1070 g/mol. The SMILES string of the molecule is CC(C)(C)Cc1cc(-c2[c-]cccc2)nc[c]1[Ge]([CH3])([CH3])[CH3].Cc1ccc2c(c1)oc1c(-c3nc4ccncc4n3-c3c(C(C)C)cc(-c4ccccc4)cc3C(C)C)[c-]ccc12.[Ir]. The fourth-order valence-corrected chi connectivity index (χ4v) is 11.8. The van der Waals surface area contributed by atoms with Crippen LogP contribution >= 0.6 is 0 Å². The van der Waals surface area contributed by atoms with E-state index in [4.69, 9.17) is 14.4 Å². The van der Waals surface area contributed by atoms with Crippen molar-refractivity contribution in [3.8, 4) is 39.5 Å². The first-order valence-corrected chi connectivity index (χ1v) is 29.3. The van der Waals surface area contributed by atoms with Crippen molar-refractivity contribution in [2.75, 3.05) is 0 Å². The summed E-state index contributed by atoms with van der Waals surface area (Å²) in [4.78, 5) is 14.5. The predicted molar refractivity (Wildman–Crippen MR) is 263 cm³/mol. The van der Waals surface area contributed by atoms with Gasteiger partial charge in [-0.15, -0.1) is 18.2 Å². The standard InChI is InChI=1S/C37H32N3O.C19H26GeN.Ir/c1-22(2)30-19-26(25-10-7-6-8-11-25)20-31(23(3)4)35(30)40-33-21-38-17-16-32(33)39-37(40)29-13-9-12-28-27-15-14-24(5)18-34(27)41-36(28)29;1-19(2,3)13-16-12-18(15-10-8-7-9-11-15)21-14-17(16)20(4,5)6;/h6-12,14-23H,1-5H3;7-10,12,14H,13H2,1-6H3;/q2*-1;. The maximum Gasteiger partial charge on any atom is 0.121 e. The average molecular weight is 1070 g/mol. The summed E-state index contributed by atoms with van der Waals surface area (Å²) in [5, 5.41) is 2.17. The van der Waals surface area contributed by atoms with Crippen molar-refractivity contribution >= 4 is 50.6 Å². The molecule has 9 rings (SSSR count). The van der Waals surface area contributed by atoms with Crippen molar-refractivity contribution in [2.45, 2.75) is 90.9 Å². The number of fused-ring (bicyclic) bond motifs is 4. The van der Waals surface area contributed by atoms with E-state index in [1.807, 2.05) is 42.7 Å². The van der Waals surface area contributed by atoms with Crippen molar-refractivity contribution in [3.63, 3.8) is 0 Å². The number of aryl methyl sites for hydroxylation is 1. The van der Waals surface area contributed by atoms with Gasteiger partial charge in [-0.05, 0) is 70.8 Å². The topological polar surface area (TPSA) is 56.7 Å². The Morgan fingerprint density at radius 1 is 0.746 bits per heavy atom. The number of aromatic nitrogens is 4. The van der Waals surface area contributed by atoms with Gasteiger partial charge >= 0.3 is 132 Å². The largest absolute Gasteiger partial charge is 0.501 e. The van der Waals surface area contributed by atoms with Gasteiger partial charge in [0.05, 0.1) is 28.6 Å². The van der Waals surface area contributed by atoms with Crippen LogP contribution in [0.25, 0.3) is 72.4 Å². The van der Waals surface area contributed by atoms with E-state index in [-0.39, 0.29) is 31.9 Å². The molecule has 0 aliphatic rings. The van der Waals surface area contributed by atoms with Gasteiger partial charge in [-0.3, -0.25) is 9.97 Å². The summed E-state index contributed by atoms with van der Waals surface area (Å²) in [7, 11) is 0. The number of nitrogens with zero attached hydrogens (tertiary/aromatic N) is 4. The van der Waals surface area contributed by atoms with Crippen molar-refractivity contribution in [1.29, 1.82) is 0 Å². The Balaban J connectivity index is 0.000000229. The Hall–Kier alpha value is -5.14. The van der Waals surface area contributed by atoms with E-state index in [9.17, 15) is 0 Å². The normalized spacial score (nSPS) is 12.0. The van der Waals surface area contributed by atoms with E-state index in [0.29, 0.717) is 5.41 Å². The summed E-state index contributed by atoms with van der Waals surface area (Å²) in [5.74, 6) is 8.70. The molecule has 323 valence electrons. The Bertz CT molecular complexity index is 3000. The molecule has 9 aromatic rings. The van der Waals surface area contributed by atoms with E-state index in [1.165, 1.54) is 37.8 Å². The summed E-state index contributed by atoms with van der Waals surface area (Å²) >= 11 is -1.90. The molecule has 0 unspecified atom stereocenters. The molecular weight excluding hydrogens is 1010 g/mol. The maximum absolute atomic E-state index is 6.54. The van der Waals surface area contributed by atoms with Gasteiger partial charge < -0.3 is 8.98 Å². The number of hydrogen-bond acceptors (Lipinski definition) is 4. The third-order valence-electron chi connectivity index (χ3n) is 11.5. The molecule has 0 spiro atoms. The minimum absolute atomic E-state index is 0. The molecule has 5 aromatic carbocycles. The van der Waals surface area contributed by atoms with Crippen molar-refractivity contribution < 1.29 is 24.5 Å². The molecular formula is C56H58GeIrN4O-2. The van der Waals surface area contributed by atoms with Crippen LogP contribution in [0.5, 0.6) is 0 Å². The second-order valence-electron chi connectivity index (χ2n) is 19.5. The Labute approximate surface area is 390 Å². The molecule has 0 N–H and O–H groups in total. The smallest absolute Gasteiger partial charge is 0.121 e. The summed E-state index contributed by atoms with van der Waals surface area (Å²) in [5.41, 5.74) is 15.6. The van der Waals surface area contributed by atoms with Gasteiger partial charge in [-0.2, -0.15) is 0 Å². The van der Waals surface area contributed by atoms with E-state index in [2.05, 4.69) is 179 Å². The number of furan rings is 1. The van der Waals surface area contributed by atoms with Gasteiger partial charge in [-0.25, -0.2) is 0 Å². The first kappa shape index (κ1) is 45.9. The molecule has 0 amide bonds. The molecule has 0 aliphatic heterocycles. The molecule has 0 atom stereocenters. The maximum atomic E-state index is 6.54. The quantitative estimate of drug-likeness (QED) is 0.112. The van der Waals surface area contributed by atoms with Crippen LogP contribution in [0.4, 0.5) is 0 Å². The van der Waals surface area contributed by atoms with Gasteiger partial charge in [0.25, 0.3) is 0 Å². The molecule has 5 nitrogen and oxygen atoms in total. The van der Waals surface area contributed by atoms with Crippen LogP contribution in [-0.2, 0) is 26.5 Å². The fraction of sp³-hybridized carbons (Fsp3) is 0.268. The molecule has 7 heteroatoms. The third-order valence-corrected chi connectivity index (χ3v) is 15.9. The van der Waals surface area contributed by atoms with E-state index >= 15 is 0 Å². The van der Waals surface area contributed by atoms with Crippen molar-refractivity contribution in [1.82, 2.24) is 19.5 Å². The molecule has 0 aliphatic carbocycles. The summed E-state index contributed by atoms with van der Waals surface area (Å²) in [6.45, 7) is 18.1. The van der Waals surface area contributed by atoms with Gasteiger partial charge in [-0.1, -0.05) is 81.1 Å². The first-order valence-electron chi connectivity index (χ1n) is 21.9. The predicted octanol–water partition coefficient (Wildman–Crippen LogP) is 14.7. The Morgan fingerprint density at radius 2 is 1.46 bits per heavy atom. The molecule has 0 fully saturated rings. The zero-order chi connectivity index (χ0) is 43.9. The zero-order valence-corrected chi connectivity index (χ0v) is 43.0. The van der Waals surface area contributed by atoms with Crippen LogP contribution in [0.2, 0.25) is 17.3 Å².